The van der Waals surface area contributed by atoms with Gasteiger partial charge in [0.2, 0.25) is 0 Å². The molecule has 4 heteroatoms. The summed E-state index contributed by atoms with van der Waals surface area (Å²) in [6.07, 6.45) is 0. The van der Waals surface area contributed by atoms with Crippen LogP contribution in [0.5, 0.6) is 0 Å². The van der Waals surface area contributed by atoms with E-state index in [1.165, 1.54) is 7.11 Å². The Labute approximate surface area is 111 Å². The van der Waals surface area contributed by atoms with Gasteiger partial charge < -0.3 is 19.6 Å². The van der Waals surface area contributed by atoms with Crippen LogP contribution < -0.4 is 18.9 Å². The molecule has 1 rings (SSSR count). The van der Waals surface area contributed by atoms with Crippen molar-refractivity contribution in [1.29, 1.82) is 0 Å². The molecule has 0 N–H and O–H groups in total. The van der Waals surface area contributed by atoms with Crippen LogP contribution in [0.2, 0.25) is 0 Å². The van der Waals surface area contributed by atoms with Crippen LogP contribution in [-0.4, -0.2) is 13.1 Å². The number of carbonyl (C=O) groups is 1. The zero-order valence-corrected chi connectivity index (χ0v) is 12.3. The third-order valence-electron chi connectivity index (χ3n) is 1.14. The van der Waals surface area contributed by atoms with Crippen LogP contribution in [0, 0.1) is 20.9 Å². The molecule has 1 aromatic carbocycles. The number of ether oxygens (including phenoxy) is 1. The first-order valence-corrected chi connectivity index (χ1v) is 2.89. The van der Waals surface area contributed by atoms with E-state index in [-0.39, 0.29) is 59.2 Å². The van der Waals surface area contributed by atoms with Crippen molar-refractivity contribution >= 4 is 5.97 Å². The van der Waals surface area contributed by atoms with Gasteiger partial charge in [0.05, 0.1) is 7.11 Å². The van der Waals surface area contributed by atoms with Gasteiger partial charge in [-0.2, -0.15) is 30.3 Å². The van der Waals surface area contributed by atoms with Crippen molar-refractivity contribution in [3.05, 3.63) is 50.7 Å². The van der Waals surface area contributed by atoms with Gasteiger partial charge in [0.15, 0.2) is 0 Å². The van der Waals surface area contributed by atoms with E-state index in [0.717, 1.165) is 0 Å². The van der Waals surface area contributed by atoms with E-state index in [4.69, 9.17) is 0 Å². The number of methoxy groups -OCH3 is 1. The molecule has 0 fully saturated rings. The van der Waals surface area contributed by atoms with Crippen molar-refractivity contribution in [2.45, 2.75) is 0 Å². The molecule has 0 aliphatic carbocycles. The summed E-state index contributed by atoms with van der Waals surface area (Å²) in [6.45, 7) is 0. The average Bonchev–Trinajstić information content (AvgIpc) is 2.05. The third-order valence-corrected chi connectivity index (χ3v) is 1.14. The van der Waals surface area contributed by atoms with Gasteiger partial charge in [0.1, 0.15) is 0 Å². The molecule has 0 saturated carbocycles. The predicted octanol–water partition coefficient (Wildman–Crippen LogP) is -0.825. The van der Waals surface area contributed by atoms with Gasteiger partial charge in [-0.25, -0.2) is 4.79 Å². The van der Waals surface area contributed by atoms with Gasteiger partial charge >= 0.3 is 44.3 Å². The topological polar surface area (TPSA) is 26.3 Å². The van der Waals surface area contributed by atoms with Crippen LogP contribution in [0.3, 0.4) is 0 Å². The summed E-state index contributed by atoms with van der Waals surface area (Å²) in [6, 6.07) is 9.47. The van der Waals surface area contributed by atoms with E-state index in [2.05, 4.69) is 10.8 Å². The molecule has 0 aliphatic rings. The van der Waals surface area contributed by atoms with Gasteiger partial charge in [-0.3, -0.25) is 0 Å². The van der Waals surface area contributed by atoms with E-state index in [1.807, 2.05) is 0 Å². The molecular weight excluding hydrogens is 224 g/mol. The van der Waals surface area contributed by atoms with Crippen molar-refractivity contribution in [2.24, 2.45) is 0 Å². The molecule has 0 saturated heterocycles. The SMILES string of the molecule is COC(=O)c1cc[c-]cc1.[CH3-].[CH3-].[Li+].[Zn+2]. The molecule has 0 aliphatic heterocycles. The molecular formula is C10H13LiO2Zn. The molecule has 1 aromatic rings. The fourth-order valence-electron chi connectivity index (χ4n) is 0.641. The van der Waals surface area contributed by atoms with E-state index >= 15 is 0 Å². The standard InChI is InChI=1S/C8H7O2.2CH3.Li.Zn/c1-10-8(9)7-5-3-2-4-6-7;;;;/h3-6H,1H3;2*1H3;;/q3*-1;+1;+2. The fraction of sp³-hybridized carbons (Fsp3) is 0.100. The second-order valence-electron chi connectivity index (χ2n) is 1.78. The summed E-state index contributed by atoms with van der Waals surface area (Å²) in [5.74, 6) is -0.311. The quantitative estimate of drug-likeness (QED) is 0.362. The van der Waals surface area contributed by atoms with E-state index in [9.17, 15) is 4.79 Å². The van der Waals surface area contributed by atoms with Crippen molar-refractivity contribution in [1.82, 2.24) is 0 Å². The fourth-order valence-corrected chi connectivity index (χ4v) is 0.641. The van der Waals surface area contributed by atoms with Crippen LogP contribution in [0.4, 0.5) is 0 Å². The molecule has 0 aromatic heterocycles. The van der Waals surface area contributed by atoms with Crippen molar-refractivity contribution in [3.8, 4) is 0 Å². The Bertz CT molecular complexity index is 227. The second-order valence-corrected chi connectivity index (χ2v) is 1.78. The molecule has 0 radical (unpaired) electrons. The Morgan fingerprint density at radius 3 is 2.07 bits per heavy atom. The summed E-state index contributed by atoms with van der Waals surface area (Å²) in [5, 5.41) is 0. The van der Waals surface area contributed by atoms with Gasteiger partial charge in [-0.15, -0.1) is 0 Å². The molecule has 0 atom stereocenters. The molecule has 0 spiro atoms. The minimum atomic E-state index is -0.311. The maximum absolute atomic E-state index is 10.8. The second kappa shape index (κ2) is 12.9. The summed E-state index contributed by atoms with van der Waals surface area (Å²) < 4.78 is 4.48. The monoisotopic (exact) mass is 236 g/mol. The Morgan fingerprint density at radius 1 is 1.29 bits per heavy atom. The normalized spacial score (nSPS) is 6.36. The van der Waals surface area contributed by atoms with Gasteiger partial charge in [-0.05, 0) is 5.56 Å². The largest absolute Gasteiger partial charge is 2.00 e. The van der Waals surface area contributed by atoms with Gasteiger partial charge in [0.25, 0.3) is 0 Å². The van der Waals surface area contributed by atoms with Crippen LogP contribution in [0.25, 0.3) is 0 Å². The Morgan fingerprint density at radius 2 is 1.71 bits per heavy atom. The Balaban J connectivity index is -0.000000125. The first kappa shape index (κ1) is 23.6. The number of hydrogen-bond acceptors (Lipinski definition) is 2. The number of carbonyl (C=O) groups excluding carboxylic acids is 1. The minimum Gasteiger partial charge on any atom is -0.467 e. The summed E-state index contributed by atoms with van der Waals surface area (Å²) >= 11 is 0. The maximum Gasteiger partial charge on any atom is 2.00 e. The van der Waals surface area contributed by atoms with Gasteiger partial charge in [-0.1, -0.05) is 0 Å². The maximum atomic E-state index is 10.8. The first-order valence-electron chi connectivity index (χ1n) is 2.89. The first-order chi connectivity index (χ1) is 4.84. The summed E-state index contributed by atoms with van der Waals surface area (Å²) in [7, 11) is 1.36. The molecule has 2 nitrogen and oxygen atoms in total. The van der Waals surface area contributed by atoms with E-state index in [0.29, 0.717) is 5.56 Å². The number of hydrogen-bond donors (Lipinski definition) is 0. The van der Waals surface area contributed by atoms with E-state index in [1.54, 1.807) is 24.3 Å². The zero-order valence-electron chi connectivity index (χ0n) is 9.33. The summed E-state index contributed by atoms with van der Waals surface area (Å²) in [4.78, 5) is 10.8. The van der Waals surface area contributed by atoms with Crippen LogP contribution in [0.1, 0.15) is 10.4 Å². The molecule has 0 heterocycles. The number of benzene rings is 1. The minimum absolute atomic E-state index is 0. The van der Waals surface area contributed by atoms with Crippen LogP contribution >= 0.6 is 0 Å². The van der Waals surface area contributed by atoms with E-state index < -0.39 is 0 Å². The van der Waals surface area contributed by atoms with Gasteiger partial charge in [0, 0.05) is 0 Å². The van der Waals surface area contributed by atoms with Crippen LogP contribution in [-0.2, 0) is 24.2 Å². The molecule has 68 valence electrons. The third kappa shape index (κ3) is 7.33. The molecule has 0 amide bonds. The van der Waals surface area contributed by atoms with Crippen LogP contribution in [0.15, 0.2) is 24.3 Å². The Kier molecular flexibility index (Phi) is 21.8. The Hall–Kier alpha value is -0.0892. The molecule has 0 bridgehead atoms. The predicted molar refractivity (Wildman–Crippen MR) is 49.4 cm³/mol. The molecule has 14 heavy (non-hydrogen) atoms. The van der Waals surface area contributed by atoms with Crippen molar-refractivity contribution < 1.29 is 47.9 Å². The zero-order chi connectivity index (χ0) is 7.40. The molecule has 0 unspecified atom stereocenters. The number of rotatable bonds is 1. The summed E-state index contributed by atoms with van der Waals surface area (Å²) in [5.41, 5.74) is 0.557. The van der Waals surface area contributed by atoms with Crippen molar-refractivity contribution in [2.75, 3.05) is 7.11 Å². The average molecular weight is 238 g/mol. The smallest absolute Gasteiger partial charge is 0.467 e. The van der Waals surface area contributed by atoms with Crippen molar-refractivity contribution in [3.63, 3.8) is 0 Å². The number of esters is 1.